The first-order chi connectivity index (χ1) is 14.6. The number of phenols is 1. The minimum atomic E-state index is 0.209. The summed E-state index contributed by atoms with van der Waals surface area (Å²) in [7, 11) is 3.51. The summed E-state index contributed by atoms with van der Waals surface area (Å²) in [5.74, 6) is 3.02. The smallest absolute Gasteiger partial charge is 0.194 e. The van der Waals surface area contributed by atoms with Gasteiger partial charge in [-0.15, -0.1) is 0 Å². The van der Waals surface area contributed by atoms with Crippen LogP contribution < -0.4 is 19.7 Å². The molecule has 0 aromatic heterocycles. The van der Waals surface area contributed by atoms with E-state index in [1.165, 1.54) is 5.56 Å². The fraction of sp³-hybridized carbons (Fsp3) is 0.435. The van der Waals surface area contributed by atoms with Crippen LogP contribution in [0.3, 0.4) is 0 Å². The molecule has 2 N–H and O–H groups in total. The zero-order valence-electron chi connectivity index (χ0n) is 17.9. The predicted octanol–water partition coefficient (Wildman–Crippen LogP) is 2.62. The number of rotatable bonds is 4. The Morgan fingerprint density at radius 2 is 2.00 bits per heavy atom. The van der Waals surface area contributed by atoms with Crippen molar-refractivity contribution in [3.8, 4) is 17.2 Å². The van der Waals surface area contributed by atoms with Crippen LogP contribution in [0.1, 0.15) is 18.1 Å². The Bertz CT molecular complexity index is 923. The molecule has 0 saturated carbocycles. The van der Waals surface area contributed by atoms with Gasteiger partial charge in [0.1, 0.15) is 23.4 Å². The van der Waals surface area contributed by atoms with E-state index in [0.717, 1.165) is 61.3 Å². The van der Waals surface area contributed by atoms with E-state index in [0.29, 0.717) is 12.3 Å². The molecule has 2 aliphatic heterocycles. The molecule has 30 heavy (non-hydrogen) atoms. The third-order valence-corrected chi connectivity index (χ3v) is 5.75. The molecule has 1 unspecified atom stereocenters. The Morgan fingerprint density at radius 1 is 1.23 bits per heavy atom. The molecule has 7 nitrogen and oxygen atoms in total. The molecule has 1 fully saturated rings. The molecule has 1 atom stereocenters. The van der Waals surface area contributed by atoms with Crippen molar-refractivity contribution >= 4 is 11.6 Å². The lowest BCUT2D eigenvalue weighted by Gasteiger charge is -2.37. The number of para-hydroxylation sites is 2. The average Bonchev–Trinajstić information content (AvgIpc) is 3.13. The van der Waals surface area contributed by atoms with Gasteiger partial charge in [-0.1, -0.05) is 12.1 Å². The predicted molar refractivity (Wildman–Crippen MR) is 119 cm³/mol. The van der Waals surface area contributed by atoms with Crippen molar-refractivity contribution in [2.45, 2.75) is 26.0 Å². The first-order valence-corrected chi connectivity index (χ1v) is 10.4. The number of benzene rings is 2. The van der Waals surface area contributed by atoms with Crippen LogP contribution in [0.5, 0.6) is 17.2 Å². The van der Waals surface area contributed by atoms with Crippen LogP contribution in [0.25, 0.3) is 0 Å². The van der Waals surface area contributed by atoms with Gasteiger partial charge >= 0.3 is 0 Å². The molecule has 2 aromatic rings. The lowest BCUT2D eigenvalue weighted by atomic mass is 10.1. The first-order valence-electron chi connectivity index (χ1n) is 10.4. The average molecular weight is 411 g/mol. The number of ether oxygens (including phenoxy) is 2. The van der Waals surface area contributed by atoms with Crippen LogP contribution in [-0.2, 0) is 13.0 Å². The zero-order chi connectivity index (χ0) is 21.1. The van der Waals surface area contributed by atoms with Crippen molar-refractivity contribution in [2.24, 2.45) is 4.99 Å². The van der Waals surface area contributed by atoms with Gasteiger partial charge < -0.3 is 29.7 Å². The topological polar surface area (TPSA) is 69.6 Å². The highest BCUT2D eigenvalue weighted by atomic mass is 16.5. The van der Waals surface area contributed by atoms with Gasteiger partial charge in [0.15, 0.2) is 5.96 Å². The van der Waals surface area contributed by atoms with Crippen molar-refractivity contribution < 1.29 is 14.6 Å². The minimum Gasteiger partial charge on any atom is -0.506 e. The highest BCUT2D eigenvalue weighted by molar-refractivity contribution is 5.80. The summed E-state index contributed by atoms with van der Waals surface area (Å²) < 4.78 is 11.5. The van der Waals surface area contributed by atoms with E-state index in [1.54, 1.807) is 13.2 Å². The summed E-state index contributed by atoms with van der Waals surface area (Å²) in [4.78, 5) is 8.93. The quantitative estimate of drug-likeness (QED) is 0.597. The Labute approximate surface area is 177 Å². The fourth-order valence-electron chi connectivity index (χ4n) is 4.21. The number of hydrogen-bond donors (Lipinski definition) is 2. The van der Waals surface area contributed by atoms with Crippen LogP contribution in [0.2, 0.25) is 0 Å². The van der Waals surface area contributed by atoms with Crippen molar-refractivity contribution in [2.75, 3.05) is 45.2 Å². The molecule has 2 aliphatic rings. The maximum Gasteiger partial charge on any atom is 0.194 e. The second-order valence-electron chi connectivity index (χ2n) is 7.77. The molecule has 1 saturated heterocycles. The highest BCUT2D eigenvalue weighted by Crippen LogP contribution is 2.35. The van der Waals surface area contributed by atoms with Gasteiger partial charge in [0, 0.05) is 57.3 Å². The van der Waals surface area contributed by atoms with Gasteiger partial charge in [0.2, 0.25) is 0 Å². The van der Waals surface area contributed by atoms with E-state index >= 15 is 0 Å². The van der Waals surface area contributed by atoms with Crippen LogP contribution in [0.15, 0.2) is 41.4 Å². The van der Waals surface area contributed by atoms with E-state index < -0.39 is 0 Å². The van der Waals surface area contributed by atoms with Crippen molar-refractivity contribution in [3.63, 3.8) is 0 Å². The number of aliphatic imine (C=N–C) groups is 1. The maximum absolute atomic E-state index is 10.1. The highest BCUT2D eigenvalue weighted by Gasteiger charge is 2.23. The molecule has 0 amide bonds. The summed E-state index contributed by atoms with van der Waals surface area (Å²) in [6.45, 7) is 6.01. The van der Waals surface area contributed by atoms with Gasteiger partial charge in [-0.05, 0) is 31.2 Å². The molecule has 0 bridgehead atoms. The number of nitrogens with one attached hydrogen (secondary N) is 1. The van der Waals surface area contributed by atoms with Gasteiger partial charge in [-0.3, -0.25) is 4.99 Å². The van der Waals surface area contributed by atoms with Crippen molar-refractivity contribution in [3.05, 3.63) is 47.5 Å². The molecule has 7 heteroatoms. The Morgan fingerprint density at radius 3 is 2.70 bits per heavy atom. The molecular formula is C23H30N4O3. The van der Waals surface area contributed by atoms with Gasteiger partial charge in [0.05, 0.1) is 12.8 Å². The van der Waals surface area contributed by atoms with Gasteiger partial charge in [-0.2, -0.15) is 0 Å². The third kappa shape index (κ3) is 4.10. The number of methoxy groups -OCH3 is 1. The largest absolute Gasteiger partial charge is 0.506 e. The number of fused-ring (bicyclic) bond motifs is 1. The first kappa shape index (κ1) is 20.2. The summed E-state index contributed by atoms with van der Waals surface area (Å²) in [6, 6.07) is 11.7. The van der Waals surface area contributed by atoms with Crippen LogP contribution in [0, 0.1) is 0 Å². The molecule has 2 aromatic carbocycles. The summed E-state index contributed by atoms with van der Waals surface area (Å²) in [5.41, 5.74) is 3.14. The van der Waals surface area contributed by atoms with Gasteiger partial charge in [-0.25, -0.2) is 0 Å². The number of aromatic hydroxyl groups is 1. The molecule has 2 heterocycles. The fourth-order valence-corrected chi connectivity index (χ4v) is 4.21. The molecule has 4 rings (SSSR count). The second-order valence-corrected chi connectivity index (χ2v) is 7.77. The Kier molecular flexibility index (Phi) is 5.88. The van der Waals surface area contributed by atoms with E-state index in [4.69, 9.17) is 9.47 Å². The van der Waals surface area contributed by atoms with Crippen molar-refractivity contribution in [1.29, 1.82) is 0 Å². The lowest BCUT2D eigenvalue weighted by molar-refractivity contribution is 0.254. The summed E-state index contributed by atoms with van der Waals surface area (Å²) in [6.07, 6.45) is 1.13. The van der Waals surface area contributed by atoms with Crippen molar-refractivity contribution in [1.82, 2.24) is 10.2 Å². The number of piperazine rings is 1. The molecular weight excluding hydrogens is 380 g/mol. The zero-order valence-corrected chi connectivity index (χ0v) is 17.9. The van der Waals surface area contributed by atoms with Crippen LogP contribution in [-0.4, -0.2) is 62.4 Å². The normalized spacial score (nSPS) is 18.8. The molecule has 0 radical (unpaired) electrons. The monoisotopic (exact) mass is 410 g/mol. The van der Waals surface area contributed by atoms with E-state index in [-0.39, 0.29) is 6.10 Å². The summed E-state index contributed by atoms with van der Waals surface area (Å²) >= 11 is 0. The second kappa shape index (κ2) is 8.73. The van der Waals surface area contributed by atoms with Crippen LogP contribution in [0.4, 0.5) is 5.69 Å². The third-order valence-electron chi connectivity index (χ3n) is 5.75. The standard InChI is InChI=1S/C23H30N4O3/c1-16-12-17-13-21(29-3)18(14-22(17)30-16)15-25-23(24-2)27-10-8-26(9-11-27)19-6-4-5-7-20(19)28/h4-7,13-14,16,28H,8-12,15H2,1-3H3,(H,24,25). The number of guanidine groups is 1. The number of nitrogens with zero attached hydrogens (tertiary/aromatic N) is 3. The Balaban J connectivity index is 1.38. The number of phenolic OH excluding ortho intramolecular Hbond substituents is 1. The number of hydrogen-bond acceptors (Lipinski definition) is 5. The SMILES string of the molecule is CN=C(NCc1cc2c(cc1OC)CC(C)O2)N1CCN(c2ccccc2O)CC1. The van der Waals surface area contributed by atoms with Gasteiger partial charge in [0.25, 0.3) is 0 Å². The molecule has 160 valence electrons. The molecule has 0 aliphatic carbocycles. The summed E-state index contributed by atoms with van der Waals surface area (Å²) in [5, 5.41) is 13.6. The molecule has 0 spiro atoms. The van der Waals surface area contributed by atoms with Crippen LogP contribution >= 0.6 is 0 Å². The Hall–Kier alpha value is -3.09. The minimum absolute atomic E-state index is 0.209. The maximum atomic E-state index is 10.1. The number of anilines is 1. The van der Waals surface area contributed by atoms with E-state index in [1.807, 2.05) is 25.2 Å². The lowest BCUT2D eigenvalue weighted by Crippen LogP contribution is -2.52. The van der Waals surface area contributed by atoms with E-state index in [2.05, 4.69) is 39.2 Å². The van der Waals surface area contributed by atoms with E-state index in [9.17, 15) is 5.11 Å².